The summed E-state index contributed by atoms with van der Waals surface area (Å²) in [7, 11) is 0. The fourth-order valence-corrected chi connectivity index (χ4v) is 0.854. The molecule has 0 rings (SSSR count). The normalized spacial score (nSPS) is 14.7. The Bertz CT molecular complexity index is 167. The minimum atomic E-state index is -4.06. The van der Waals surface area contributed by atoms with Crippen molar-refractivity contribution < 1.29 is 13.2 Å². The van der Waals surface area contributed by atoms with E-state index in [1.54, 1.807) is 0 Å². The summed E-state index contributed by atoms with van der Waals surface area (Å²) in [6.45, 7) is 8.85. The summed E-state index contributed by atoms with van der Waals surface area (Å²) in [6, 6.07) is 0. The third-order valence-corrected chi connectivity index (χ3v) is 2.27. The first-order chi connectivity index (χ1) is 5.75. The van der Waals surface area contributed by atoms with Crippen LogP contribution in [0.1, 0.15) is 33.6 Å². The zero-order valence-electron chi connectivity index (χ0n) is 8.41. The number of alkyl halides is 3. The Labute approximate surface area is 77.8 Å². The van der Waals surface area contributed by atoms with E-state index in [-0.39, 0.29) is 12.3 Å². The Kier molecular flexibility index (Phi) is 4.51. The van der Waals surface area contributed by atoms with Gasteiger partial charge in [0.1, 0.15) is 0 Å². The predicted molar refractivity (Wildman–Crippen MR) is 48.4 cm³/mol. The zero-order valence-corrected chi connectivity index (χ0v) is 8.41. The molecule has 0 amide bonds. The molecule has 0 N–H and O–H groups in total. The summed E-state index contributed by atoms with van der Waals surface area (Å²) < 4.78 is 36.2. The fraction of sp³-hybridized carbons (Fsp3) is 0.800. The molecule has 0 aromatic heterocycles. The maximum Gasteiger partial charge on any atom is 0.391 e. The summed E-state index contributed by atoms with van der Waals surface area (Å²) in [4.78, 5) is 0. The molecule has 0 fully saturated rings. The van der Waals surface area contributed by atoms with Crippen LogP contribution in [0, 0.1) is 11.8 Å². The second kappa shape index (κ2) is 4.68. The molecule has 3 heteroatoms. The number of allylic oxidation sites excluding steroid dienone is 1. The maximum absolute atomic E-state index is 12.1. The lowest BCUT2D eigenvalue weighted by Gasteiger charge is -2.17. The van der Waals surface area contributed by atoms with Crippen LogP contribution in [0.5, 0.6) is 0 Å². The molecule has 1 unspecified atom stereocenters. The van der Waals surface area contributed by atoms with Crippen molar-refractivity contribution in [2.24, 2.45) is 11.8 Å². The van der Waals surface area contributed by atoms with Gasteiger partial charge in [0.2, 0.25) is 0 Å². The Morgan fingerprint density at radius 2 is 1.69 bits per heavy atom. The van der Waals surface area contributed by atoms with Gasteiger partial charge in [0.15, 0.2) is 0 Å². The van der Waals surface area contributed by atoms with Gasteiger partial charge in [-0.2, -0.15) is 13.2 Å². The molecule has 78 valence electrons. The molecule has 0 aliphatic rings. The van der Waals surface area contributed by atoms with E-state index in [1.165, 1.54) is 6.92 Å². The molecule has 0 radical (unpaired) electrons. The molecule has 0 nitrogen and oxygen atoms in total. The van der Waals surface area contributed by atoms with E-state index in [0.717, 1.165) is 5.57 Å². The third kappa shape index (κ3) is 4.96. The minimum Gasteiger partial charge on any atom is -0.171 e. The lowest BCUT2D eigenvalue weighted by molar-refractivity contribution is -0.170. The molecule has 0 heterocycles. The molecular weight excluding hydrogens is 177 g/mol. The first-order valence-corrected chi connectivity index (χ1v) is 4.49. The van der Waals surface area contributed by atoms with Crippen molar-refractivity contribution >= 4 is 0 Å². The number of hydrogen-bond acceptors (Lipinski definition) is 0. The fourth-order valence-electron chi connectivity index (χ4n) is 0.854. The van der Waals surface area contributed by atoms with E-state index in [4.69, 9.17) is 0 Å². The van der Waals surface area contributed by atoms with Gasteiger partial charge in [0.25, 0.3) is 0 Å². The Balaban J connectivity index is 3.84. The quantitative estimate of drug-likeness (QED) is 0.589. The van der Waals surface area contributed by atoms with E-state index < -0.39 is 12.1 Å². The van der Waals surface area contributed by atoms with Crippen LogP contribution in [0.15, 0.2) is 12.2 Å². The highest BCUT2D eigenvalue weighted by atomic mass is 19.4. The van der Waals surface area contributed by atoms with E-state index in [9.17, 15) is 13.2 Å². The van der Waals surface area contributed by atoms with Crippen LogP contribution in [0.2, 0.25) is 0 Å². The molecule has 13 heavy (non-hydrogen) atoms. The highest BCUT2D eigenvalue weighted by Crippen LogP contribution is 2.30. The van der Waals surface area contributed by atoms with Gasteiger partial charge in [-0.25, -0.2) is 0 Å². The summed E-state index contributed by atoms with van der Waals surface area (Å²) in [5.41, 5.74) is 0.899. The van der Waals surface area contributed by atoms with Gasteiger partial charge in [-0.3, -0.25) is 0 Å². The molecule has 0 bridgehead atoms. The van der Waals surface area contributed by atoms with Crippen LogP contribution in [0.3, 0.4) is 0 Å². The Hall–Kier alpha value is -0.470. The van der Waals surface area contributed by atoms with Crippen molar-refractivity contribution in [1.82, 2.24) is 0 Å². The molecule has 0 aliphatic carbocycles. The second-order valence-corrected chi connectivity index (χ2v) is 3.79. The lowest BCUT2D eigenvalue weighted by Crippen LogP contribution is -2.19. The van der Waals surface area contributed by atoms with Gasteiger partial charge in [0.05, 0.1) is 5.92 Å². The largest absolute Gasteiger partial charge is 0.391 e. The van der Waals surface area contributed by atoms with Gasteiger partial charge in [-0.1, -0.05) is 32.9 Å². The Morgan fingerprint density at radius 1 is 1.23 bits per heavy atom. The molecule has 1 atom stereocenters. The number of halogens is 3. The average Bonchev–Trinajstić information content (AvgIpc) is 1.97. The molecule has 0 saturated heterocycles. The standard InChI is InChI=1S/C10H17F3/c1-7(2)8(3)5-6-9(4)10(11,12)13/h7,9H,3,5-6H2,1-2,4H3. The van der Waals surface area contributed by atoms with Crippen LogP contribution >= 0.6 is 0 Å². The van der Waals surface area contributed by atoms with E-state index in [2.05, 4.69) is 6.58 Å². The zero-order chi connectivity index (χ0) is 10.6. The highest BCUT2D eigenvalue weighted by Gasteiger charge is 2.35. The summed E-state index contributed by atoms with van der Waals surface area (Å²) in [6.07, 6.45) is -3.43. The van der Waals surface area contributed by atoms with Gasteiger partial charge in [-0.15, -0.1) is 0 Å². The maximum atomic E-state index is 12.1. The van der Waals surface area contributed by atoms with Crippen LogP contribution in [0.25, 0.3) is 0 Å². The van der Waals surface area contributed by atoms with Crippen LogP contribution in [0.4, 0.5) is 13.2 Å². The Morgan fingerprint density at radius 3 is 2.00 bits per heavy atom. The van der Waals surface area contributed by atoms with E-state index >= 15 is 0 Å². The molecule has 0 aromatic carbocycles. The van der Waals surface area contributed by atoms with Crippen molar-refractivity contribution in [2.45, 2.75) is 39.8 Å². The van der Waals surface area contributed by atoms with Gasteiger partial charge in [0, 0.05) is 0 Å². The minimum absolute atomic E-state index is 0.153. The first kappa shape index (κ1) is 12.5. The summed E-state index contributed by atoms with van der Waals surface area (Å²) in [5.74, 6) is -0.941. The van der Waals surface area contributed by atoms with Crippen molar-refractivity contribution in [2.75, 3.05) is 0 Å². The molecule has 0 aliphatic heterocycles. The summed E-state index contributed by atoms with van der Waals surface area (Å²) >= 11 is 0. The smallest absolute Gasteiger partial charge is 0.171 e. The SMILES string of the molecule is C=C(CCC(C)C(F)(F)F)C(C)C. The second-order valence-electron chi connectivity index (χ2n) is 3.79. The van der Waals surface area contributed by atoms with Gasteiger partial charge in [-0.05, 0) is 18.8 Å². The van der Waals surface area contributed by atoms with E-state index in [1.807, 2.05) is 13.8 Å². The van der Waals surface area contributed by atoms with Crippen LogP contribution in [-0.4, -0.2) is 6.18 Å². The van der Waals surface area contributed by atoms with Crippen LogP contribution in [-0.2, 0) is 0 Å². The van der Waals surface area contributed by atoms with Crippen molar-refractivity contribution in [1.29, 1.82) is 0 Å². The van der Waals surface area contributed by atoms with Crippen molar-refractivity contribution in [3.8, 4) is 0 Å². The molecule has 0 saturated carbocycles. The number of hydrogen-bond donors (Lipinski definition) is 0. The van der Waals surface area contributed by atoms with Gasteiger partial charge >= 0.3 is 6.18 Å². The van der Waals surface area contributed by atoms with E-state index in [0.29, 0.717) is 6.42 Å². The third-order valence-electron chi connectivity index (χ3n) is 2.27. The number of rotatable bonds is 4. The highest BCUT2D eigenvalue weighted by molar-refractivity contribution is 4.97. The topological polar surface area (TPSA) is 0 Å². The predicted octanol–water partition coefficient (Wildman–Crippen LogP) is 4.18. The molecule has 0 aromatic rings. The monoisotopic (exact) mass is 194 g/mol. The molecular formula is C10H17F3. The van der Waals surface area contributed by atoms with Gasteiger partial charge < -0.3 is 0 Å². The first-order valence-electron chi connectivity index (χ1n) is 4.49. The van der Waals surface area contributed by atoms with Crippen LogP contribution < -0.4 is 0 Å². The average molecular weight is 194 g/mol. The van der Waals surface area contributed by atoms with Crippen molar-refractivity contribution in [3.63, 3.8) is 0 Å². The van der Waals surface area contributed by atoms with Crippen molar-refractivity contribution in [3.05, 3.63) is 12.2 Å². The summed E-state index contributed by atoms with van der Waals surface area (Å²) in [5, 5.41) is 0. The lowest BCUT2D eigenvalue weighted by atomic mass is 9.95. The molecule has 0 spiro atoms.